The molecule has 0 aromatic rings. The highest BCUT2D eigenvalue weighted by Gasteiger charge is 2.36. The van der Waals surface area contributed by atoms with E-state index in [1.165, 1.54) is 0 Å². The van der Waals surface area contributed by atoms with Crippen molar-refractivity contribution in [3.05, 3.63) is 0 Å². The van der Waals surface area contributed by atoms with Crippen LogP contribution in [0.15, 0.2) is 0 Å². The third-order valence-corrected chi connectivity index (χ3v) is 3.49. The van der Waals surface area contributed by atoms with Gasteiger partial charge in [-0.1, -0.05) is 0 Å². The highest BCUT2D eigenvalue weighted by atomic mass is 16.7. The van der Waals surface area contributed by atoms with E-state index in [0.29, 0.717) is 6.54 Å². The van der Waals surface area contributed by atoms with Gasteiger partial charge in [0, 0.05) is 19.0 Å². The van der Waals surface area contributed by atoms with Crippen molar-refractivity contribution in [1.29, 1.82) is 0 Å². The average molecular weight is 268 g/mol. The second-order valence-corrected chi connectivity index (χ2v) is 6.58. The summed E-state index contributed by atoms with van der Waals surface area (Å²) < 4.78 is 0. The molecule has 1 aliphatic heterocycles. The molecule has 1 aliphatic carbocycles. The Labute approximate surface area is 114 Å². The van der Waals surface area contributed by atoms with E-state index >= 15 is 0 Å². The van der Waals surface area contributed by atoms with E-state index in [4.69, 9.17) is 4.84 Å². The number of hydroxylamine groups is 1. The van der Waals surface area contributed by atoms with E-state index < -0.39 is 5.60 Å². The molecule has 0 spiro atoms. The Kier molecular flexibility index (Phi) is 4.13. The summed E-state index contributed by atoms with van der Waals surface area (Å²) >= 11 is 0. The van der Waals surface area contributed by atoms with Gasteiger partial charge in [0.15, 0.2) is 0 Å². The van der Waals surface area contributed by atoms with Gasteiger partial charge < -0.3 is 4.90 Å². The van der Waals surface area contributed by atoms with Crippen molar-refractivity contribution in [3.8, 4) is 0 Å². The van der Waals surface area contributed by atoms with Crippen molar-refractivity contribution in [1.82, 2.24) is 10.4 Å². The van der Waals surface area contributed by atoms with Crippen molar-refractivity contribution in [2.45, 2.75) is 52.1 Å². The van der Waals surface area contributed by atoms with Crippen LogP contribution in [0.25, 0.3) is 0 Å². The number of amides is 2. The summed E-state index contributed by atoms with van der Waals surface area (Å²) in [6.07, 6.45) is 3.75. The molecule has 1 saturated heterocycles. The molecule has 0 aromatic heterocycles. The summed E-state index contributed by atoms with van der Waals surface area (Å²) in [5, 5.41) is 0. The third kappa shape index (κ3) is 4.20. The van der Waals surface area contributed by atoms with Gasteiger partial charge in [-0.2, -0.15) is 0 Å². The number of likely N-dealkylation sites (tertiary alicyclic amines) is 1. The lowest BCUT2D eigenvalue weighted by Gasteiger charge is -2.32. The zero-order chi connectivity index (χ0) is 14.0. The minimum atomic E-state index is -0.395. The third-order valence-electron chi connectivity index (χ3n) is 3.49. The maximum atomic E-state index is 12.0. The van der Waals surface area contributed by atoms with Crippen LogP contribution in [0.5, 0.6) is 0 Å². The van der Waals surface area contributed by atoms with Crippen LogP contribution in [-0.2, 0) is 14.4 Å². The number of hydrogen-bond donors (Lipinski definition) is 1. The first kappa shape index (κ1) is 14.3. The molecule has 1 heterocycles. The Hall–Kier alpha value is -1.10. The molecule has 0 radical (unpaired) electrons. The lowest BCUT2D eigenvalue weighted by Crippen LogP contribution is -2.47. The summed E-state index contributed by atoms with van der Waals surface area (Å²) in [5.41, 5.74) is 2.12. The molecular weight excluding hydrogens is 244 g/mol. The number of carbonyl (C=O) groups is 2. The van der Waals surface area contributed by atoms with Crippen LogP contribution in [0.4, 0.5) is 0 Å². The monoisotopic (exact) mass is 268 g/mol. The van der Waals surface area contributed by atoms with E-state index in [1.54, 1.807) is 0 Å². The fraction of sp³-hybridized carbons (Fsp3) is 0.857. The van der Waals surface area contributed by atoms with Gasteiger partial charge in [0.25, 0.3) is 0 Å². The summed E-state index contributed by atoms with van der Waals surface area (Å²) in [5.74, 6) is 0.212. The number of hydrogen-bond acceptors (Lipinski definition) is 3. The van der Waals surface area contributed by atoms with E-state index in [2.05, 4.69) is 5.48 Å². The second kappa shape index (κ2) is 5.49. The average Bonchev–Trinajstić information content (AvgIpc) is 3.18. The number of piperidine rings is 1. The minimum absolute atomic E-state index is 0.108. The molecule has 5 nitrogen and oxygen atoms in total. The maximum Gasteiger partial charge on any atom is 0.248 e. The van der Waals surface area contributed by atoms with E-state index in [9.17, 15) is 9.59 Å². The SMILES string of the molecule is CC(C)(C)ONC(=O)C1CCCN(C(=O)C2CC2)C1. The standard InChI is InChI=1S/C14H24N2O3/c1-14(2,3)19-15-12(17)11-5-4-8-16(9-11)13(18)10-6-7-10/h10-11H,4-9H2,1-3H3,(H,15,17). The van der Waals surface area contributed by atoms with Crippen LogP contribution < -0.4 is 5.48 Å². The summed E-state index contributed by atoms with van der Waals surface area (Å²) in [6.45, 7) is 6.99. The van der Waals surface area contributed by atoms with Gasteiger partial charge in [0.2, 0.25) is 11.8 Å². The molecule has 2 fully saturated rings. The smallest absolute Gasteiger partial charge is 0.248 e. The predicted molar refractivity (Wildman–Crippen MR) is 71.0 cm³/mol. The van der Waals surface area contributed by atoms with E-state index in [-0.39, 0.29) is 23.7 Å². The Bertz CT molecular complexity index is 358. The molecule has 2 amide bonds. The molecule has 19 heavy (non-hydrogen) atoms. The zero-order valence-electron chi connectivity index (χ0n) is 12.1. The quantitative estimate of drug-likeness (QED) is 0.789. The largest absolute Gasteiger partial charge is 0.342 e. The van der Waals surface area contributed by atoms with Gasteiger partial charge in [-0.15, -0.1) is 0 Å². The molecule has 0 aromatic carbocycles. The molecule has 1 unspecified atom stereocenters. The number of nitrogens with zero attached hydrogens (tertiary/aromatic N) is 1. The molecule has 108 valence electrons. The van der Waals surface area contributed by atoms with Crippen molar-refractivity contribution in [2.24, 2.45) is 11.8 Å². The minimum Gasteiger partial charge on any atom is -0.342 e. The first-order valence-electron chi connectivity index (χ1n) is 7.13. The lowest BCUT2D eigenvalue weighted by atomic mass is 9.97. The van der Waals surface area contributed by atoms with Gasteiger partial charge in [0.05, 0.1) is 11.5 Å². The highest BCUT2D eigenvalue weighted by molar-refractivity contribution is 5.83. The fourth-order valence-corrected chi connectivity index (χ4v) is 2.27. The summed E-state index contributed by atoms with van der Waals surface area (Å²) in [6, 6.07) is 0. The van der Waals surface area contributed by atoms with Gasteiger partial charge in [-0.25, -0.2) is 5.48 Å². The van der Waals surface area contributed by atoms with Crippen LogP contribution in [0.2, 0.25) is 0 Å². The topological polar surface area (TPSA) is 58.6 Å². The van der Waals surface area contributed by atoms with Crippen molar-refractivity contribution in [2.75, 3.05) is 13.1 Å². The van der Waals surface area contributed by atoms with E-state index in [1.807, 2.05) is 25.7 Å². The van der Waals surface area contributed by atoms with Gasteiger partial charge in [-0.05, 0) is 46.5 Å². The summed E-state index contributed by atoms with van der Waals surface area (Å²) in [7, 11) is 0. The fourth-order valence-electron chi connectivity index (χ4n) is 2.27. The van der Waals surface area contributed by atoms with Gasteiger partial charge in [0.1, 0.15) is 0 Å². The van der Waals surface area contributed by atoms with Crippen molar-refractivity contribution in [3.63, 3.8) is 0 Å². The highest BCUT2D eigenvalue weighted by Crippen LogP contribution is 2.32. The molecule has 2 aliphatic rings. The van der Waals surface area contributed by atoms with Crippen LogP contribution in [0, 0.1) is 11.8 Å². The number of carbonyl (C=O) groups excluding carboxylic acids is 2. The van der Waals surface area contributed by atoms with E-state index in [0.717, 1.165) is 32.2 Å². The Balaban J connectivity index is 1.82. The predicted octanol–water partition coefficient (Wildman–Crippen LogP) is 1.48. The zero-order valence-corrected chi connectivity index (χ0v) is 12.1. The molecule has 5 heteroatoms. The lowest BCUT2D eigenvalue weighted by molar-refractivity contribution is -0.152. The van der Waals surface area contributed by atoms with Crippen LogP contribution in [0.3, 0.4) is 0 Å². The molecule has 1 saturated carbocycles. The maximum absolute atomic E-state index is 12.0. The molecule has 1 N–H and O–H groups in total. The Morgan fingerprint density at radius 1 is 1.16 bits per heavy atom. The molecule has 0 bridgehead atoms. The van der Waals surface area contributed by atoms with Crippen molar-refractivity contribution < 1.29 is 14.4 Å². The Morgan fingerprint density at radius 2 is 1.84 bits per heavy atom. The Morgan fingerprint density at radius 3 is 2.42 bits per heavy atom. The molecule has 2 rings (SSSR count). The number of nitrogens with one attached hydrogen (secondary N) is 1. The molecular formula is C14H24N2O3. The second-order valence-electron chi connectivity index (χ2n) is 6.58. The summed E-state index contributed by atoms with van der Waals surface area (Å²) in [4.78, 5) is 31.2. The first-order valence-corrected chi connectivity index (χ1v) is 7.13. The molecule has 1 atom stereocenters. The van der Waals surface area contributed by atoms with Crippen molar-refractivity contribution >= 4 is 11.8 Å². The van der Waals surface area contributed by atoms with Gasteiger partial charge >= 0.3 is 0 Å². The van der Waals surface area contributed by atoms with Crippen LogP contribution in [-0.4, -0.2) is 35.4 Å². The van der Waals surface area contributed by atoms with Crippen LogP contribution >= 0.6 is 0 Å². The van der Waals surface area contributed by atoms with Crippen LogP contribution in [0.1, 0.15) is 46.5 Å². The normalized spacial score (nSPS) is 24.2. The first-order chi connectivity index (χ1) is 8.87. The van der Waals surface area contributed by atoms with Gasteiger partial charge in [-0.3, -0.25) is 14.4 Å². The number of rotatable bonds is 3.